The normalized spacial score (nSPS) is 14.2. The van der Waals surface area contributed by atoms with Gasteiger partial charge in [0, 0.05) is 11.6 Å². The average Bonchev–Trinajstić information content (AvgIpc) is 2.53. The number of carbonyl (C=O) groups excluding carboxylic acids is 1. The van der Waals surface area contributed by atoms with Gasteiger partial charge in [0.1, 0.15) is 16.4 Å². The van der Waals surface area contributed by atoms with E-state index in [1.54, 1.807) is 24.3 Å². The van der Waals surface area contributed by atoms with Crippen LogP contribution in [-0.2, 0) is 16.6 Å². The van der Waals surface area contributed by atoms with E-state index < -0.39 is 16.1 Å². The lowest BCUT2D eigenvalue weighted by atomic mass is 10.1. The van der Waals surface area contributed by atoms with E-state index in [1.807, 2.05) is 0 Å². The number of nitrogens with zero attached hydrogens (tertiary/aromatic N) is 1. The molecule has 0 aliphatic carbocycles. The predicted octanol–water partition coefficient (Wildman–Crippen LogP) is 1.86. The number of fused-ring (bicyclic) bond motifs is 1. The Morgan fingerprint density at radius 2 is 1.96 bits per heavy atom. The monoisotopic (exact) mass is 334 g/mol. The number of rotatable bonds is 3. The van der Waals surface area contributed by atoms with E-state index in [2.05, 4.69) is 0 Å². The number of ether oxygens (including phenoxy) is 2. The lowest BCUT2D eigenvalue weighted by Gasteiger charge is -2.29. The number of sulfonamides is 1. The van der Waals surface area contributed by atoms with Crippen LogP contribution in [0.4, 0.5) is 10.5 Å². The summed E-state index contributed by atoms with van der Waals surface area (Å²) in [4.78, 5) is 13.4. The Kier molecular flexibility index (Phi) is 3.70. The van der Waals surface area contributed by atoms with Gasteiger partial charge >= 0.3 is 6.09 Å². The Morgan fingerprint density at radius 1 is 1.22 bits per heavy atom. The van der Waals surface area contributed by atoms with Crippen LogP contribution < -0.4 is 19.5 Å². The smallest absolute Gasteiger partial charge is 0.420 e. The van der Waals surface area contributed by atoms with Crippen LogP contribution in [0.15, 0.2) is 47.4 Å². The molecule has 1 aliphatic rings. The zero-order valence-electron chi connectivity index (χ0n) is 12.2. The van der Waals surface area contributed by atoms with Crippen LogP contribution in [0.5, 0.6) is 11.5 Å². The number of hydrogen-bond donors (Lipinski definition) is 1. The maximum absolute atomic E-state index is 12.3. The van der Waals surface area contributed by atoms with Crippen molar-refractivity contribution < 1.29 is 22.7 Å². The average molecular weight is 334 g/mol. The molecule has 0 saturated carbocycles. The second-order valence-electron chi connectivity index (χ2n) is 4.94. The predicted molar refractivity (Wildman–Crippen MR) is 83.0 cm³/mol. The SMILES string of the molecule is COc1ccc2c(c1)OC(=O)N(c1ccccc1S(N)(=O)=O)C2. The first-order valence-corrected chi connectivity index (χ1v) is 8.23. The molecule has 0 bridgehead atoms. The van der Waals surface area contributed by atoms with Crippen molar-refractivity contribution in [1.82, 2.24) is 0 Å². The van der Waals surface area contributed by atoms with Crippen LogP contribution in [0.1, 0.15) is 5.56 Å². The quantitative estimate of drug-likeness (QED) is 0.923. The molecule has 0 fully saturated rings. The minimum absolute atomic E-state index is 0.131. The molecule has 8 heteroatoms. The molecule has 0 unspecified atom stereocenters. The molecule has 1 aliphatic heterocycles. The fraction of sp³-hybridized carbons (Fsp3) is 0.133. The summed E-state index contributed by atoms with van der Waals surface area (Å²) in [5, 5.41) is 5.22. The highest BCUT2D eigenvalue weighted by Gasteiger charge is 2.30. The molecule has 23 heavy (non-hydrogen) atoms. The highest BCUT2D eigenvalue weighted by molar-refractivity contribution is 7.89. The van der Waals surface area contributed by atoms with Gasteiger partial charge < -0.3 is 9.47 Å². The molecule has 2 aromatic carbocycles. The lowest BCUT2D eigenvalue weighted by molar-refractivity contribution is 0.202. The zero-order valence-corrected chi connectivity index (χ0v) is 13.0. The molecular weight excluding hydrogens is 320 g/mol. The molecule has 2 N–H and O–H groups in total. The Morgan fingerprint density at radius 3 is 2.65 bits per heavy atom. The van der Waals surface area contributed by atoms with Gasteiger partial charge in [0.05, 0.1) is 19.3 Å². The van der Waals surface area contributed by atoms with Crippen LogP contribution in [0, 0.1) is 0 Å². The summed E-state index contributed by atoms with van der Waals surface area (Å²) in [7, 11) is -2.45. The van der Waals surface area contributed by atoms with Crippen LogP contribution in [-0.4, -0.2) is 21.6 Å². The minimum Gasteiger partial charge on any atom is -0.497 e. The number of amides is 1. The van der Waals surface area contributed by atoms with Gasteiger partial charge in [0.25, 0.3) is 0 Å². The van der Waals surface area contributed by atoms with E-state index in [4.69, 9.17) is 14.6 Å². The Balaban J connectivity index is 2.04. The van der Waals surface area contributed by atoms with Crippen molar-refractivity contribution in [2.75, 3.05) is 12.0 Å². The van der Waals surface area contributed by atoms with E-state index in [1.165, 1.54) is 30.2 Å². The number of anilines is 1. The third-order valence-electron chi connectivity index (χ3n) is 3.48. The summed E-state index contributed by atoms with van der Waals surface area (Å²) in [6, 6.07) is 11.1. The van der Waals surface area contributed by atoms with Crippen LogP contribution in [0.3, 0.4) is 0 Å². The van der Waals surface area contributed by atoms with Gasteiger partial charge in [0.2, 0.25) is 10.0 Å². The van der Waals surface area contributed by atoms with Crippen LogP contribution in [0.2, 0.25) is 0 Å². The van der Waals surface area contributed by atoms with E-state index in [-0.39, 0.29) is 17.1 Å². The number of nitrogens with two attached hydrogens (primary N) is 1. The highest BCUT2D eigenvalue weighted by Crippen LogP contribution is 2.34. The van der Waals surface area contributed by atoms with Crippen molar-refractivity contribution in [2.45, 2.75) is 11.4 Å². The molecule has 0 atom stereocenters. The first-order valence-electron chi connectivity index (χ1n) is 6.68. The standard InChI is InChI=1S/C15H14N2O5S/c1-21-11-7-6-10-9-17(15(18)22-13(10)8-11)12-4-2-3-5-14(12)23(16,19)20/h2-8H,9H2,1H3,(H2,16,19,20). The molecule has 0 saturated heterocycles. The van der Waals surface area contributed by atoms with Gasteiger partial charge in [-0.3, -0.25) is 4.90 Å². The molecule has 0 radical (unpaired) electrons. The third kappa shape index (κ3) is 2.86. The van der Waals surface area contributed by atoms with Gasteiger partial charge in [-0.1, -0.05) is 12.1 Å². The Hall–Kier alpha value is -2.58. The number of hydrogen-bond acceptors (Lipinski definition) is 5. The number of primary sulfonamides is 1. The third-order valence-corrected chi connectivity index (χ3v) is 4.44. The summed E-state index contributed by atoms with van der Waals surface area (Å²) >= 11 is 0. The van der Waals surface area contributed by atoms with Gasteiger partial charge in [0.15, 0.2) is 0 Å². The lowest BCUT2D eigenvalue weighted by Crippen LogP contribution is -2.38. The molecule has 0 aromatic heterocycles. The van der Waals surface area contributed by atoms with Crippen molar-refractivity contribution in [3.8, 4) is 11.5 Å². The Labute approximate surface area is 133 Å². The fourth-order valence-electron chi connectivity index (χ4n) is 2.38. The Bertz CT molecular complexity index is 879. The summed E-state index contributed by atoms with van der Waals surface area (Å²) in [6.07, 6.45) is -0.679. The van der Waals surface area contributed by atoms with Gasteiger partial charge in [-0.25, -0.2) is 18.4 Å². The van der Waals surface area contributed by atoms with Gasteiger partial charge in [-0.05, 0) is 24.3 Å². The topological polar surface area (TPSA) is 98.9 Å². The van der Waals surface area contributed by atoms with Crippen LogP contribution in [0.25, 0.3) is 0 Å². The summed E-state index contributed by atoms with van der Waals surface area (Å²) in [5.41, 5.74) is 0.913. The van der Waals surface area contributed by atoms with Crippen molar-refractivity contribution in [3.05, 3.63) is 48.0 Å². The number of para-hydroxylation sites is 1. The van der Waals surface area contributed by atoms with Crippen molar-refractivity contribution in [1.29, 1.82) is 0 Å². The van der Waals surface area contributed by atoms with Crippen molar-refractivity contribution in [3.63, 3.8) is 0 Å². The molecule has 3 rings (SSSR count). The van der Waals surface area contributed by atoms with E-state index in [0.29, 0.717) is 11.5 Å². The maximum atomic E-state index is 12.3. The molecule has 120 valence electrons. The molecular formula is C15H14N2O5S. The largest absolute Gasteiger partial charge is 0.497 e. The summed E-state index contributed by atoms with van der Waals surface area (Å²) in [6.45, 7) is 0.171. The molecule has 1 amide bonds. The van der Waals surface area contributed by atoms with E-state index in [9.17, 15) is 13.2 Å². The summed E-state index contributed by atoms with van der Waals surface area (Å²) in [5.74, 6) is 0.952. The maximum Gasteiger partial charge on any atom is 0.420 e. The molecule has 2 aromatic rings. The van der Waals surface area contributed by atoms with E-state index in [0.717, 1.165) is 5.56 Å². The number of methoxy groups -OCH3 is 1. The van der Waals surface area contributed by atoms with Gasteiger partial charge in [-0.15, -0.1) is 0 Å². The van der Waals surface area contributed by atoms with Crippen molar-refractivity contribution >= 4 is 21.8 Å². The van der Waals surface area contributed by atoms with Crippen molar-refractivity contribution in [2.24, 2.45) is 5.14 Å². The van der Waals surface area contributed by atoms with Gasteiger partial charge in [-0.2, -0.15) is 0 Å². The fourth-order valence-corrected chi connectivity index (χ4v) is 3.11. The second-order valence-corrected chi connectivity index (χ2v) is 6.47. The highest BCUT2D eigenvalue weighted by atomic mass is 32.2. The second kappa shape index (κ2) is 5.56. The number of carbonyl (C=O) groups is 1. The summed E-state index contributed by atoms with van der Waals surface area (Å²) < 4.78 is 33.8. The molecule has 0 spiro atoms. The molecule has 1 heterocycles. The molecule has 7 nitrogen and oxygen atoms in total. The first-order chi connectivity index (χ1) is 10.9. The van der Waals surface area contributed by atoms with Crippen LogP contribution >= 0.6 is 0 Å². The zero-order chi connectivity index (χ0) is 16.6. The first kappa shape index (κ1) is 15.3. The number of benzene rings is 2. The minimum atomic E-state index is -3.96. The van der Waals surface area contributed by atoms with E-state index >= 15 is 0 Å².